The molecule has 164 valence electrons. The number of nitrogens with zero attached hydrogens (tertiary/aromatic N) is 6. The maximum Gasteiger partial charge on any atom is 0.261 e. The highest BCUT2D eigenvalue weighted by Crippen LogP contribution is 2.28. The van der Waals surface area contributed by atoms with E-state index in [9.17, 15) is 9.59 Å². The average Bonchev–Trinajstić information content (AvgIpc) is 3.16. The molecule has 1 unspecified atom stereocenters. The fraction of sp³-hybridized carbons (Fsp3) is 0.375. The molecule has 8 nitrogen and oxygen atoms in total. The Kier molecular flexibility index (Phi) is 5.53. The largest absolute Gasteiger partial charge is 0.335 e. The van der Waals surface area contributed by atoms with Gasteiger partial charge in [0.05, 0.1) is 17.2 Å². The smallest absolute Gasteiger partial charge is 0.261 e. The summed E-state index contributed by atoms with van der Waals surface area (Å²) in [6.45, 7) is 8.24. The van der Waals surface area contributed by atoms with Gasteiger partial charge in [-0.3, -0.25) is 14.5 Å². The highest BCUT2D eigenvalue weighted by molar-refractivity contribution is 6.12. The first kappa shape index (κ1) is 21.7. The van der Waals surface area contributed by atoms with Crippen LogP contribution in [0.2, 0.25) is 0 Å². The molecule has 2 aliphatic heterocycles. The van der Waals surface area contributed by atoms with Gasteiger partial charge in [-0.25, -0.2) is 4.98 Å². The van der Waals surface area contributed by atoms with Crippen LogP contribution in [0, 0.1) is 18.3 Å². The maximum absolute atomic E-state index is 13.0. The van der Waals surface area contributed by atoms with Crippen molar-refractivity contribution in [3.63, 3.8) is 0 Å². The van der Waals surface area contributed by atoms with Gasteiger partial charge in [-0.05, 0) is 63.2 Å². The standard InChI is InChI=1S/C24H26N6O2/c1-16-11-17(12-25)5-7-19(16)20-14-27-30(23(20)32)21-8-6-18(13-26-21)22(31)29-10-9-28(4)24(2,3)15-29/h5-8,11,13-14,20H,9-10,15H2,1-4H3. The van der Waals surface area contributed by atoms with Gasteiger partial charge >= 0.3 is 0 Å². The van der Waals surface area contributed by atoms with Crippen molar-refractivity contribution >= 4 is 23.8 Å². The molecule has 2 aliphatic rings. The van der Waals surface area contributed by atoms with Crippen LogP contribution in [0.3, 0.4) is 0 Å². The topological polar surface area (TPSA) is 92.9 Å². The molecule has 3 heterocycles. The fourth-order valence-electron chi connectivity index (χ4n) is 4.10. The second kappa shape index (κ2) is 8.17. The Bertz CT molecular complexity index is 1130. The van der Waals surface area contributed by atoms with Crippen LogP contribution >= 0.6 is 0 Å². The summed E-state index contributed by atoms with van der Waals surface area (Å²) in [5.74, 6) is -0.438. The van der Waals surface area contributed by atoms with Gasteiger partial charge in [0.25, 0.3) is 11.8 Å². The number of hydrogen-bond donors (Lipinski definition) is 0. The summed E-state index contributed by atoms with van der Waals surface area (Å²) in [4.78, 5) is 34.4. The van der Waals surface area contributed by atoms with Crippen LogP contribution in [-0.4, -0.2) is 65.0 Å². The Balaban J connectivity index is 1.48. The normalized spacial score (nSPS) is 20.5. The predicted octanol–water partition coefficient (Wildman–Crippen LogP) is 2.54. The number of carbonyl (C=O) groups is 2. The second-order valence-corrected chi connectivity index (χ2v) is 8.94. The van der Waals surface area contributed by atoms with E-state index in [0.29, 0.717) is 30.0 Å². The quantitative estimate of drug-likeness (QED) is 0.746. The molecule has 0 bridgehead atoms. The van der Waals surface area contributed by atoms with E-state index < -0.39 is 5.92 Å². The second-order valence-electron chi connectivity index (χ2n) is 8.94. The lowest BCUT2D eigenvalue weighted by Gasteiger charge is -2.45. The molecule has 1 fully saturated rings. The zero-order valence-corrected chi connectivity index (χ0v) is 18.7. The first-order valence-corrected chi connectivity index (χ1v) is 10.6. The van der Waals surface area contributed by atoms with Crippen LogP contribution in [0.5, 0.6) is 0 Å². The minimum Gasteiger partial charge on any atom is -0.335 e. The molecule has 32 heavy (non-hydrogen) atoms. The molecule has 2 amide bonds. The van der Waals surface area contributed by atoms with E-state index in [2.05, 4.69) is 41.9 Å². The van der Waals surface area contributed by atoms with Crippen LogP contribution < -0.4 is 5.01 Å². The van der Waals surface area contributed by atoms with E-state index in [1.54, 1.807) is 36.5 Å². The number of carbonyl (C=O) groups excluding carboxylic acids is 2. The van der Waals surface area contributed by atoms with E-state index in [1.807, 2.05) is 11.8 Å². The van der Waals surface area contributed by atoms with Crippen molar-refractivity contribution in [2.24, 2.45) is 5.10 Å². The number of hydrogen-bond acceptors (Lipinski definition) is 6. The van der Waals surface area contributed by atoms with Crippen LogP contribution in [0.15, 0.2) is 41.6 Å². The Morgan fingerprint density at radius 1 is 1.22 bits per heavy atom. The highest BCUT2D eigenvalue weighted by atomic mass is 16.2. The average molecular weight is 431 g/mol. The number of nitriles is 1. The van der Waals surface area contributed by atoms with E-state index in [0.717, 1.165) is 17.7 Å². The molecule has 1 aromatic heterocycles. The lowest BCUT2D eigenvalue weighted by molar-refractivity contribution is -0.118. The Morgan fingerprint density at radius 3 is 2.62 bits per heavy atom. The molecule has 0 N–H and O–H groups in total. The fourth-order valence-corrected chi connectivity index (χ4v) is 4.10. The number of benzene rings is 1. The summed E-state index contributed by atoms with van der Waals surface area (Å²) in [5.41, 5.74) is 2.63. The van der Waals surface area contributed by atoms with Gasteiger partial charge < -0.3 is 4.90 Å². The van der Waals surface area contributed by atoms with Crippen molar-refractivity contribution in [3.05, 3.63) is 58.8 Å². The molecule has 0 spiro atoms. The molecular weight excluding hydrogens is 404 g/mol. The number of anilines is 1. The molecule has 0 saturated carbocycles. The molecule has 4 rings (SSSR count). The van der Waals surface area contributed by atoms with Gasteiger partial charge in [-0.2, -0.15) is 15.4 Å². The first-order valence-electron chi connectivity index (χ1n) is 10.6. The van der Waals surface area contributed by atoms with Gasteiger partial charge in [-0.15, -0.1) is 0 Å². The van der Waals surface area contributed by atoms with Crippen molar-refractivity contribution in [1.29, 1.82) is 5.26 Å². The van der Waals surface area contributed by atoms with E-state index in [4.69, 9.17) is 5.26 Å². The van der Waals surface area contributed by atoms with Gasteiger partial charge in [0.1, 0.15) is 5.92 Å². The predicted molar refractivity (Wildman–Crippen MR) is 121 cm³/mol. The Morgan fingerprint density at radius 2 is 2.00 bits per heavy atom. The lowest BCUT2D eigenvalue weighted by atomic mass is 9.94. The van der Waals surface area contributed by atoms with Crippen molar-refractivity contribution in [2.75, 3.05) is 31.7 Å². The number of rotatable bonds is 3. The summed E-state index contributed by atoms with van der Waals surface area (Å²) >= 11 is 0. The van der Waals surface area contributed by atoms with Crippen molar-refractivity contribution in [2.45, 2.75) is 32.2 Å². The maximum atomic E-state index is 13.0. The van der Waals surface area contributed by atoms with Gasteiger partial charge in [0.2, 0.25) is 0 Å². The molecular formula is C24H26N6O2. The third kappa shape index (κ3) is 3.87. The van der Waals surface area contributed by atoms with Crippen LogP contribution in [0.25, 0.3) is 0 Å². The van der Waals surface area contributed by atoms with Crippen LogP contribution in [0.1, 0.15) is 46.8 Å². The highest BCUT2D eigenvalue weighted by Gasteiger charge is 2.35. The third-order valence-corrected chi connectivity index (χ3v) is 6.36. The monoisotopic (exact) mass is 430 g/mol. The summed E-state index contributed by atoms with van der Waals surface area (Å²) in [6, 6.07) is 10.7. The van der Waals surface area contributed by atoms with Gasteiger partial charge in [0.15, 0.2) is 5.82 Å². The number of likely N-dealkylation sites (N-methyl/N-ethyl adjacent to an activating group) is 1. The number of aromatic nitrogens is 1. The van der Waals surface area contributed by atoms with Crippen molar-refractivity contribution in [1.82, 2.24) is 14.8 Å². The molecule has 1 aromatic carbocycles. The first-order chi connectivity index (χ1) is 15.2. The van der Waals surface area contributed by atoms with E-state index in [-0.39, 0.29) is 17.4 Å². The summed E-state index contributed by atoms with van der Waals surface area (Å²) in [5, 5.41) is 14.6. The van der Waals surface area contributed by atoms with E-state index >= 15 is 0 Å². The summed E-state index contributed by atoms with van der Waals surface area (Å²) in [7, 11) is 2.07. The van der Waals surface area contributed by atoms with Gasteiger partial charge in [-0.1, -0.05) is 6.07 Å². The molecule has 8 heteroatoms. The minimum atomic E-state index is -0.529. The zero-order chi connectivity index (χ0) is 23.0. The SMILES string of the molecule is Cc1cc(C#N)ccc1C1C=NN(c2ccc(C(=O)N3CCN(C)C(C)(C)C3)cn2)C1=O. The number of piperazine rings is 1. The molecule has 0 aliphatic carbocycles. The Hall–Kier alpha value is -3.57. The summed E-state index contributed by atoms with van der Waals surface area (Å²) in [6.07, 6.45) is 3.09. The third-order valence-electron chi connectivity index (χ3n) is 6.36. The van der Waals surface area contributed by atoms with E-state index in [1.165, 1.54) is 11.2 Å². The number of aryl methyl sites for hydroxylation is 1. The zero-order valence-electron chi connectivity index (χ0n) is 18.7. The van der Waals surface area contributed by atoms with Crippen molar-refractivity contribution < 1.29 is 9.59 Å². The minimum absolute atomic E-state index is 0.0624. The van der Waals surface area contributed by atoms with Crippen LogP contribution in [0.4, 0.5) is 5.82 Å². The van der Waals surface area contributed by atoms with Crippen molar-refractivity contribution in [3.8, 4) is 6.07 Å². The van der Waals surface area contributed by atoms with Gasteiger partial charge in [0, 0.05) is 37.6 Å². The summed E-state index contributed by atoms with van der Waals surface area (Å²) < 4.78 is 0. The Labute approximate surface area is 187 Å². The number of amides is 2. The van der Waals surface area contributed by atoms with Crippen LogP contribution in [-0.2, 0) is 4.79 Å². The molecule has 2 aromatic rings. The molecule has 1 atom stereocenters. The number of hydrazone groups is 1. The molecule has 0 radical (unpaired) electrons. The number of pyridine rings is 1. The molecule has 1 saturated heterocycles. The lowest BCUT2D eigenvalue weighted by Crippen LogP contribution is -2.58.